The number of aromatic nitrogens is 1. The van der Waals surface area contributed by atoms with Crippen molar-refractivity contribution in [1.82, 2.24) is 4.98 Å². The number of rotatable bonds is 7. The largest absolute Gasteiger partial charge is 0.466 e. The van der Waals surface area contributed by atoms with Crippen LogP contribution in [0.4, 0.5) is 5.82 Å². The van der Waals surface area contributed by atoms with E-state index >= 15 is 0 Å². The number of carbonyl (C=O) groups is 2. The number of hydrogen-bond acceptors (Lipinski definition) is 5. The van der Waals surface area contributed by atoms with Crippen molar-refractivity contribution in [3.05, 3.63) is 23.9 Å². The zero-order valence-electron chi connectivity index (χ0n) is 10.3. The molecule has 0 saturated carbocycles. The molecule has 1 heterocycles. The molecular weight excluding hydrogens is 234 g/mol. The number of primary amides is 1. The summed E-state index contributed by atoms with van der Waals surface area (Å²) < 4.78 is 4.80. The third-order valence-electron chi connectivity index (χ3n) is 2.22. The van der Waals surface area contributed by atoms with Gasteiger partial charge in [0.15, 0.2) is 0 Å². The minimum Gasteiger partial charge on any atom is -0.466 e. The number of ether oxygens (including phenoxy) is 1. The summed E-state index contributed by atoms with van der Waals surface area (Å²) in [5.41, 5.74) is 5.46. The van der Waals surface area contributed by atoms with E-state index < -0.39 is 5.91 Å². The van der Waals surface area contributed by atoms with Crippen molar-refractivity contribution in [2.24, 2.45) is 5.73 Å². The van der Waals surface area contributed by atoms with E-state index in [4.69, 9.17) is 10.5 Å². The van der Waals surface area contributed by atoms with E-state index in [1.54, 1.807) is 19.1 Å². The summed E-state index contributed by atoms with van der Waals surface area (Å²) in [6.45, 7) is 2.80. The first-order valence-corrected chi connectivity index (χ1v) is 5.79. The van der Waals surface area contributed by atoms with Gasteiger partial charge in [0.05, 0.1) is 12.2 Å². The SMILES string of the molecule is CCOC(=O)CCCNc1ccc(C(N)=O)cn1. The molecule has 1 aromatic heterocycles. The molecule has 3 N–H and O–H groups in total. The fraction of sp³-hybridized carbons (Fsp3) is 0.417. The van der Waals surface area contributed by atoms with Crippen LogP contribution in [0.3, 0.4) is 0 Å². The molecule has 98 valence electrons. The third kappa shape index (κ3) is 4.82. The zero-order valence-corrected chi connectivity index (χ0v) is 10.3. The number of anilines is 1. The van der Waals surface area contributed by atoms with E-state index in [0.29, 0.717) is 37.4 Å². The third-order valence-corrected chi connectivity index (χ3v) is 2.22. The Bertz CT molecular complexity index is 404. The number of nitrogens with two attached hydrogens (primary N) is 1. The minimum absolute atomic E-state index is 0.198. The van der Waals surface area contributed by atoms with Gasteiger partial charge in [-0.2, -0.15) is 0 Å². The Balaban J connectivity index is 2.27. The van der Waals surface area contributed by atoms with Gasteiger partial charge in [-0.25, -0.2) is 4.98 Å². The summed E-state index contributed by atoms with van der Waals surface area (Å²) in [6, 6.07) is 3.27. The van der Waals surface area contributed by atoms with Crippen LogP contribution in [-0.4, -0.2) is 30.0 Å². The second kappa shape index (κ2) is 7.26. The summed E-state index contributed by atoms with van der Waals surface area (Å²) >= 11 is 0. The van der Waals surface area contributed by atoms with Gasteiger partial charge in [0, 0.05) is 19.2 Å². The van der Waals surface area contributed by atoms with Crippen molar-refractivity contribution in [2.75, 3.05) is 18.5 Å². The Morgan fingerprint density at radius 1 is 1.44 bits per heavy atom. The molecule has 0 bridgehead atoms. The Morgan fingerprint density at radius 3 is 2.78 bits per heavy atom. The summed E-state index contributed by atoms with van der Waals surface area (Å²) in [6.07, 6.45) is 2.45. The molecule has 0 aliphatic carbocycles. The first-order valence-electron chi connectivity index (χ1n) is 5.79. The first-order chi connectivity index (χ1) is 8.63. The van der Waals surface area contributed by atoms with Crippen LogP contribution < -0.4 is 11.1 Å². The van der Waals surface area contributed by atoms with Crippen molar-refractivity contribution in [3.63, 3.8) is 0 Å². The number of amides is 1. The van der Waals surface area contributed by atoms with E-state index in [-0.39, 0.29) is 5.97 Å². The average Bonchev–Trinajstić information content (AvgIpc) is 2.35. The summed E-state index contributed by atoms with van der Waals surface area (Å²) in [4.78, 5) is 25.9. The molecule has 1 amide bonds. The number of esters is 1. The van der Waals surface area contributed by atoms with Crippen LogP contribution in [0.25, 0.3) is 0 Å². The monoisotopic (exact) mass is 251 g/mol. The number of hydrogen-bond donors (Lipinski definition) is 2. The van der Waals surface area contributed by atoms with Crippen LogP contribution in [0.15, 0.2) is 18.3 Å². The smallest absolute Gasteiger partial charge is 0.305 e. The molecule has 6 nitrogen and oxygen atoms in total. The van der Waals surface area contributed by atoms with Gasteiger partial charge < -0.3 is 15.8 Å². The van der Waals surface area contributed by atoms with Crippen molar-refractivity contribution in [3.8, 4) is 0 Å². The van der Waals surface area contributed by atoms with E-state index in [1.807, 2.05) is 0 Å². The van der Waals surface area contributed by atoms with Crippen LogP contribution in [0.1, 0.15) is 30.1 Å². The van der Waals surface area contributed by atoms with E-state index in [0.717, 1.165) is 0 Å². The molecule has 0 atom stereocenters. The molecule has 18 heavy (non-hydrogen) atoms. The van der Waals surface area contributed by atoms with Gasteiger partial charge in [-0.05, 0) is 25.5 Å². The van der Waals surface area contributed by atoms with Crippen LogP contribution >= 0.6 is 0 Å². The second-order valence-corrected chi connectivity index (χ2v) is 3.63. The summed E-state index contributed by atoms with van der Waals surface area (Å²) in [7, 11) is 0. The Labute approximate surface area is 106 Å². The molecule has 0 fully saturated rings. The zero-order chi connectivity index (χ0) is 13.4. The molecule has 0 unspecified atom stereocenters. The van der Waals surface area contributed by atoms with Crippen LogP contribution in [0, 0.1) is 0 Å². The lowest BCUT2D eigenvalue weighted by Crippen LogP contribution is -2.12. The molecule has 0 aliphatic heterocycles. The Hall–Kier alpha value is -2.11. The van der Waals surface area contributed by atoms with Gasteiger partial charge in [0.25, 0.3) is 0 Å². The molecular formula is C12H17N3O3. The maximum atomic E-state index is 11.1. The van der Waals surface area contributed by atoms with Gasteiger partial charge >= 0.3 is 5.97 Å². The highest BCUT2D eigenvalue weighted by Crippen LogP contribution is 2.05. The highest BCUT2D eigenvalue weighted by molar-refractivity contribution is 5.92. The van der Waals surface area contributed by atoms with Crippen molar-refractivity contribution < 1.29 is 14.3 Å². The molecule has 1 aromatic rings. The number of nitrogens with one attached hydrogen (secondary N) is 1. The van der Waals surface area contributed by atoms with Gasteiger partial charge in [-0.1, -0.05) is 0 Å². The van der Waals surface area contributed by atoms with Crippen molar-refractivity contribution in [2.45, 2.75) is 19.8 Å². The lowest BCUT2D eigenvalue weighted by molar-refractivity contribution is -0.143. The number of pyridine rings is 1. The first kappa shape index (κ1) is 14.0. The standard InChI is InChI=1S/C12H17N3O3/c1-2-18-11(16)4-3-7-14-10-6-5-9(8-15-10)12(13)17/h5-6,8H,2-4,7H2,1H3,(H2,13,17)(H,14,15). The number of nitrogens with zero attached hydrogens (tertiary/aromatic N) is 1. The Kier molecular flexibility index (Phi) is 5.63. The van der Waals surface area contributed by atoms with E-state index in [9.17, 15) is 9.59 Å². The maximum absolute atomic E-state index is 11.1. The predicted octanol–water partition coefficient (Wildman–Crippen LogP) is 0.936. The fourth-order valence-electron chi connectivity index (χ4n) is 1.33. The molecule has 0 spiro atoms. The van der Waals surface area contributed by atoms with E-state index in [1.165, 1.54) is 6.20 Å². The van der Waals surface area contributed by atoms with E-state index in [2.05, 4.69) is 10.3 Å². The van der Waals surface area contributed by atoms with Gasteiger partial charge in [0.2, 0.25) is 5.91 Å². The molecule has 1 rings (SSSR count). The predicted molar refractivity (Wildman–Crippen MR) is 67.1 cm³/mol. The summed E-state index contributed by atoms with van der Waals surface area (Å²) in [5.74, 6) is -0.0587. The highest BCUT2D eigenvalue weighted by atomic mass is 16.5. The number of carbonyl (C=O) groups excluding carboxylic acids is 2. The molecule has 0 aliphatic rings. The average molecular weight is 251 g/mol. The normalized spacial score (nSPS) is 9.83. The molecule has 0 aromatic carbocycles. The molecule has 0 saturated heterocycles. The van der Waals surface area contributed by atoms with Crippen LogP contribution in [0.2, 0.25) is 0 Å². The molecule has 6 heteroatoms. The highest BCUT2D eigenvalue weighted by Gasteiger charge is 2.02. The lowest BCUT2D eigenvalue weighted by atomic mass is 10.2. The molecule has 0 radical (unpaired) electrons. The lowest BCUT2D eigenvalue weighted by Gasteiger charge is -2.05. The van der Waals surface area contributed by atoms with Crippen LogP contribution in [0.5, 0.6) is 0 Å². The second-order valence-electron chi connectivity index (χ2n) is 3.63. The van der Waals surface area contributed by atoms with Gasteiger partial charge in [-0.3, -0.25) is 9.59 Å². The maximum Gasteiger partial charge on any atom is 0.305 e. The Morgan fingerprint density at radius 2 is 2.22 bits per heavy atom. The van der Waals surface area contributed by atoms with Crippen molar-refractivity contribution in [1.29, 1.82) is 0 Å². The quantitative estimate of drug-likeness (QED) is 0.555. The minimum atomic E-state index is -0.503. The summed E-state index contributed by atoms with van der Waals surface area (Å²) in [5, 5.41) is 3.04. The van der Waals surface area contributed by atoms with Gasteiger partial charge in [0.1, 0.15) is 5.82 Å². The van der Waals surface area contributed by atoms with Crippen LogP contribution in [-0.2, 0) is 9.53 Å². The van der Waals surface area contributed by atoms with Crippen molar-refractivity contribution >= 4 is 17.7 Å². The fourth-order valence-corrected chi connectivity index (χ4v) is 1.33. The van der Waals surface area contributed by atoms with Gasteiger partial charge in [-0.15, -0.1) is 0 Å². The topological polar surface area (TPSA) is 94.3 Å².